The van der Waals surface area contributed by atoms with Crippen LogP contribution in [0.3, 0.4) is 0 Å². The first-order valence-electron chi connectivity index (χ1n) is 5.71. The third kappa shape index (κ3) is 3.68. The van der Waals surface area contributed by atoms with Crippen LogP contribution in [-0.4, -0.2) is 31.7 Å². The van der Waals surface area contributed by atoms with Gasteiger partial charge in [-0.25, -0.2) is 8.42 Å². The zero-order valence-corrected chi connectivity index (χ0v) is 12.5. The van der Waals surface area contributed by atoms with Gasteiger partial charge in [0, 0.05) is 23.8 Å². The van der Waals surface area contributed by atoms with Gasteiger partial charge in [-0.15, -0.1) is 22.9 Å². The average Bonchev–Trinajstić information content (AvgIpc) is 2.75. The Morgan fingerprint density at radius 2 is 2.06 bits per heavy atom. The van der Waals surface area contributed by atoms with E-state index in [-0.39, 0.29) is 0 Å². The van der Waals surface area contributed by atoms with E-state index in [4.69, 9.17) is 11.6 Å². The third-order valence-corrected chi connectivity index (χ3v) is 6.17. The highest BCUT2D eigenvalue weighted by Gasteiger charge is 2.23. The van der Waals surface area contributed by atoms with Crippen molar-refractivity contribution in [2.45, 2.75) is 30.9 Å². The van der Waals surface area contributed by atoms with Crippen LogP contribution in [0, 0.1) is 0 Å². The highest BCUT2D eigenvalue weighted by atomic mass is 35.5. The van der Waals surface area contributed by atoms with Crippen LogP contribution in [0.25, 0.3) is 0 Å². The van der Waals surface area contributed by atoms with Gasteiger partial charge in [0.2, 0.25) is 0 Å². The quantitative estimate of drug-likeness (QED) is 0.725. The number of hydrogen-bond donors (Lipinski definition) is 0. The molecule has 0 radical (unpaired) electrons. The first-order chi connectivity index (χ1) is 8.06. The molecule has 0 N–H and O–H groups in total. The Hall–Kier alpha value is -0.100. The van der Waals surface area contributed by atoms with E-state index in [9.17, 15) is 8.42 Å². The van der Waals surface area contributed by atoms with Crippen molar-refractivity contribution in [1.29, 1.82) is 0 Å². The van der Waals surface area contributed by atoms with Gasteiger partial charge >= 0.3 is 0 Å². The third-order valence-electron chi connectivity index (χ3n) is 2.40. The lowest BCUT2D eigenvalue weighted by Crippen LogP contribution is -2.31. The minimum Gasteiger partial charge on any atom is -0.206 e. The van der Waals surface area contributed by atoms with Gasteiger partial charge in [0.15, 0.2) is 0 Å². The van der Waals surface area contributed by atoms with Gasteiger partial charge in [0.1, 0.15) is 4.21 Å². The van der Waals surface area contributed by atoms with Gasteiger partial charge in [-0.05, 0) is 25.0 Å². The van der Waals surface area contributed by atoms with Crippen LogP contribution >= 0.6 is 22.9 Å². The predicted octanol–water partition coefficient (Wildman–Crippen LogP) is 2.95. The van der Waals surface area contributed by atoms with Crippen molar-refractivity contribution in [1.82, 2.24) is 4.31 Å². The number of halogens is 1. The van der Waals surface area contributed by atoms with E-state index in [0.29, 0.717) is 23.2 Å². The maximum Gasteiger partial charge on any atom is 0.252 e. The fourth-order valence-corrected chi connectivity index (χ4v) is 4.92. The molecule has 0 fully saturated rings. The van der Waals surface area contributed by atoms with Crippen LogP contribution in [0.15, 0.2) is 16.3 Å². The largest absolute Gasteiger partial charge is 0.252 e. The summed E-state index contributed by atoms with van der Waals surface area (Å²) in [6, 6.07) is 3.53. The summed E-state index contributed by atoms with van der Waals surface area (Å²) >= 11 is 6.97. The monoisotopic (exact) mass is 295 g/mol. The standard InChI is InChI=1S/C11H18ClNO2S2/c1-3-9-13(4-2)17(14,15)11-6-5-10(16-11)7-8-12/h5-6H,3-4,7-9H2,1-2H3. The smallest absolute Gasteiger partial charge is 0.206 e. The second-order valence-corrected chi connectivity index (χ2v) is 7.37. The fraction of sp³-hybridized carbons (Fsp3) is 0.636. The van der Waals surface area contributed by atoms with Crippen molar-refractivity contribution < 1.29 is 8.42 Å². The molecular formula is C11H18ClNO2S2. The highest BCUT2D eigenvalue weighted by molar-refractivity contribution is 7.91. The van der Waals surface area contributed by atoms with E-state index in [2.05, 4.69) is 0 Å². The Balaban J connectivity index is 2.94. The Labute approximate surface area is 112 Å². The Bertz CT molecular complexity index is 442. The molecule has 0 bridgehead atoms. The van der Waals surface area contributed by atoms with E-state index in [1.54, 1.807) is 6.07 Å². The average molecular weight is 296 g/mol. The number of hydrogen-bond acceptors (Lipinski definition) is 3. The van der Waals surface area contributed by atoms with Crippen molar-refractivity contribution in [3.63, 3.8) is 0 Å². The van der Waals surface area contributed by atoms with Crippen LogP contribution in [0.1, 0.15) is 25.1 Å². The first kappa shape index (κ1) is 15.0. The normalized spacial score (nSPS) is 12.2. The molecule has 0 atom stereocenters. The number of sulfonamides is 1. The minimum absolute atomic E-state index is 0.424. The number of nitrogens with zero attached hydrogens (tertiary/aromatic N) is 1. The molecule has 0 aromatic carbocycles. The summed E-state index contributed by atoms with van der Waals surface area (Å²) in [7, 11) is -3.30. The summed E-state index contributed by atoms with van der Waals surface area (Å²) in [6.45, 7) is 4.92. The molecule has 0 amide bonds. The van der Waals surface area contributed by atoms with Crippen LogP contribution in [0.2, 0.25) is 0 Å². The van der Waals surface area contributed by atoms with Gasteiger partial charge in [0.05, 0.1) is 0 Å². The lowest BCUT2D eigenvalue weighted by Gasteiger charge is -2.18. The van der Waals surface area contributed by atoms with E-state index in [1.165, 1.54) is 15.6 Å². The van der Waals surface area contributed by atoms with Crippen molar-refractivity contribution >= 4 is 33.0 Å². The van der Waals surface area contributed by atoms with E-state index in [0.717, 1.165) is 17.7 Å². The molecule has 1 aromatic heterocycles. The molecule has 3 nitrogen and oxygen atoms in total. The van der Waals surface area contributed by atoms with E-state index in [1.807, 2.05) is 19.9 Å². The summed E-state index contributed by atoms with van der Waals surface area (Å²) in [5, 5.41) is 0. The minimum atomic E-state index is -3.30. The first-order valence-corrected chi connectivity index (χ1v) is 8.50. The number of rotatable bonds is 7. The molecular weight excluding hydrogens is 278 g/mol. The van der Waals surface area contributed by atoms with Gasteiger partial charge in [-0.3, -0.25) is 0 Å². The molecule has 0 unspecified atom stereocenters. The van der Waals surface area contributed by atoms with Crippen molar-refractivity contribution in [3.05, 3.63) is 17.0 Å². The second kappa shape index (κ2) is 6.73. The Morgan fingerprint density at radius 1 is 1.35 bits per heavy atom. The molecule has 0 aliphatic carbocycles. The van der Waals surface area contributed by atoms with Crippen molar-refractivity contribution in [2.24, 2.45) is 0 Å². The number of aryl methyl sites for hydroxylation is 1. The van der Waals surface area contributed by atoms with Crippen LogP contribution in [0.4, 0.5) is 0 Å². The zero-order chi connectivity index (χ0) is 12.9. The van der Waals surface area contributed by atoms with Gasteiger partial charge in [-0.2, -0.15) is 4.31 Å². The lowest BCUT2D eigenvalue weighted by atomic mass is 10.4. The molecule has 0 aliphatic heterocycles. The van der Waals surface area contributed by atoms with Crippen LogP contribution in [-0.2, 0) is 16.4 Å². The summed E-state index contributed by atoms with van der Waals surface area (Å²) < 4.78 is 26.5. The molecule has 0 saturated heterocycles. The van der Waals surface area contributed by atoms with Crippen LogP contribution in [0.5, 0.6) is 0 Å². The van der Waals surface area contributed by atoms with Crippen molar-refractivity contribution in [2.75, 3.05) is 19.0 Å². The summed E-state index contributed by atoms with van der Waals surface area (Å²) in [5.74, 6) is 0.520. The fourth-order valence-electron chi connectivity index (χ4n) is 1.55. The molecule has 0 aliphatic rings. The molecule has 0 saturated carbocycles. The van der Waals surface area contributed by atoms with Gasteiger partial charge in [0.25, 0.3) is 10.0 Å². The molecule has 6 heteroatoms. The SMILES string of the molecule is CCCN(CC)S(=O)(=O)c1ccc(CCCl)s1. The summed E-state index contributed by atoms with van der Waals surface area (Å²) in [4.78, 5) is 1.02. The molecule has 17 heavy (non-hydrogen) atoms. The Morgan fingerprint density at radius 3 is 2.59 bits per heavy atom. The zero-order valence-electron chi connectivity index (χ0n) is 10.1. The molecule has 98 valence electrons. The maximum absolute atomic E-state index is 12.3. The van der Waals surface area contributed by atoms with E-state index >= 15 is 0 Å². The second-order valence-electron chi connectivity index (χ2n) is 3.66. The number of alkyl halides is 1. The summed E-state index contributed by atoms with van der Waals surface area (Å²) in [5.41, 5.74) is 0. The maximum atomic E-state index is 12.3. The topological polar surface area (TPSA) is 37.4 Å². The van der Waals surface area contributed by atoms with Crippen LogP contribution < -0.4 is 0 Å². The molecule has 1 rings (SSSR count). The lowest BCUT2D eigenvalue weighted by molar-refractivity contribution is 0.428. The van der Waals surface area contributed by atoms with Gasteiger partial charge in [-0.1, -0.05) is 13.8 Å². The van der Waals surface area contributed by atoms with E-state index < -0.39 is 10.0 Å². The predicted molar refractivity (Wildman–Crippen MR) is 73.5 cm³/mol. The highest BCUT2D eigenvalue weighted by Crippen LogP contribution is 2.25. The molecule has 0 spiro atoms. The van der Waals surface area contributed by atoms with Crippen molar-refractivity contribution in [3.8, 4) is 0 Å². The molecule has 1 heterocycles. The summed E-state index contributed by atoms with van der Waals surface area (Å²) in [6.07, 6.45) is 1.55. The Kier molecular flexibility index (Phi) is 5.92. The molecule has 1 aromatic rings. The number of thiophene rings is 1. The van der Waals surface area contributed by atoms with Gasteiger partial charge < -0.3 is 0 Å².